The van der Waals surface area contributed by atoms with Gasteiger partial charge in [-0.05, 0) is 11.2 Å². The first-order chi connectivity index (χ1) is 3.06. The highest BCUT2D eigenvalue weighted by Gasteiger charge is 1.86. The molecule has 1 unspecified atom stereocenters. The summed E-state index contributed by atoms with van der Waals surface area (Å²) in [5, 5.41) is 0. The van der Waals surface area contributed by atoms with Crippen molar-refractivity contribution >= 4 is 20.0 Å². The van der Waals surface area contributed by atoms with Gasteiger partial charge in [-0.15, -0.1) is 0 Å². The van der Waals surface area contributed by atoms with E-state index in [1.165, 1.54) is 0 Å². The smallest absolute Gasteiger partial charge is 0.278 e. The molecule has 0 saturated carbocycles. The Morgan fingerprint density at radius 2 is 2.43 bits per heavy atom. The summed E-state index contributed by atoms with van der Waals surface area (Å²) in [6, 6.07) is 0. The molecule has 0 bridgehead atoms. The fourth-order valence-corrected chi connectivity index (χ4v) is 0.395. The molecular formula is C2H2NO2S2-. The maximum atomic E-state index is 9.83. The number of rotatable bonds is 1. The second-order valence-corrected chi connectivity index (χ2v) is 3.74. The van der Waals surface area contributed by atoms with Gasteiger partial charge in [-0.2, -0.15) is 0 Å². The van der Waals surface area contributed by atoms with Gasteiger partial charge in [0.1, 0.15) is 0 Å². The maximum Gasteiger partial charge on any atom is 0.278 e. The Labute approximate surface area is 46.7 Å². The van der Waals surface area contributed by atoms with Crippen molar-refractivity contribution in [2.75, 3.05) is 5.88 Å². The summed E-state index contributed by atoms with van der Waals surface area (Å²) < 4.78 is 19.7. The first-order valence-corrected chi connectivity index (χ1v) is 3.91. The summed E-state index contributed by atoms with van der Waals surface area (Å²) in [4.78, 5) is 2.56. The summed E-state index contributed by atoms with van der Waals surface area (Å²) in [7, 11) is -3.45. The predicted octanol–water partition coefficient (Wildman–Crippen LogP) is -0.260. The first-order valence-electron chi connectivity index (χ1n) is 1.33. The van der Waals surface area contributed by atoms with Gasteiger partial charge in [-0.3, -0.25) is 4.21 Å². The van der Waals surface area contributed by atoms with Gasteiger partial charge in [0.2, 0.25) is 0 Å². The van der Waals surface area contributed by atoms with Crippen LogP contribution in [0.4, 0.5) is 0 Å². The number of nitrogens with zero attached hydrogens (tertiary/aromatic N) is 1. The van der Waals surface area contributed by atoms with Crippen molar-refractivity contribution in [1.82, 2.24) is 0 Å². The van der Waals surface area contributed by atoms with E-state index >= 15 is 0 Å². The standard InChI is InChI=1S/C2H3NO2S2/c1-3-2-7(4,5)6/h2H2,(H,4,5,6)/p-1. The van der Waals surface area contributed by atoms with E-state index in [2.05, 4.69) is 16.0 Å². The molecule has 3 nitrogen and oxygen atoms in total. The Bertz CT molecular complexity index is 174. The summed E-state index contributed by atoms with van der Waals surface area (Å²) in [5.41, 5.74) is 0. The van der Waals surface area contributed by atoms with Crippen LogP contribution in [0.25, 0.3) is 4.85 Å². The lowest BCUT2D eigenvalue weighted by molar-refractivity contribution is 0.537. The quantitative estimate of drug-likeness (QED) is 0.466. The van der Waals surface area contributed by atoms with Crippen molar-refractivity contribution in [3.05, 3.63) is 11.4 Å². The largest absolute Gasteiger partial charge is 0.764 e. The molecule has 0 saturated heterocycles. The molecule has 0 spiro atoms. The minimum Gasteiger partial charge on any atom is -0.764 e. The summed E-state index contributed by atoms with van der Waals surface area (Å²) >= 11 is 3.84. The zero-order valence-electron chi connectivity index (χ0n) is 3.29. The lowest BCUT2D eigenvalue weighted by atomic mass is 11.5. The molecule has 0 aliphatic rings. The van der Waals surface area contributed by atoms with Gasteiger partial charge in [0.25, 0.3) is 5.88 Å². The normalized spacial score (nSPS) is 17.1. The zero-order valence-corrected chi connectivity index (χ0v) is 4.92. The summed E-state index contributed by atoms with van der Waals surface area (Å²) in [6.07, 6.45) is 0. The van der Waals surface area contributed by atoms with Crippen LogP contribution in [0, 0.1) is 6.57 Å². The van der Waals surface area contributed by atoms with Crippen LogP contribution in [-0.2, 0) is 20.0 Å². The van der Waals surface area contributed by atoms with Gasteiger partial charge >= 0.3 is 0 Å². The van der Waals surface area contributed by atoms with Crippen molar-refractivity contribution < 1.29 is 8.76 Å². The molecule has 0 fully saturated rings. The Morgan fingerprint density at radius 3 is 2.43 bits per heavy atom. The van der Waals surface area contributed by atoms with Gasteiger partial charge in [0, 0.05) is 8.77 Å². The summed E-state index contributed by atoms with van der Waals surface area (Å²) in [6.45, 7) is 6.04. The first kappa shape index (κ1) is 6.82. The summed E-state index contributed by atoms with van der Waals surface area (Å²) in [5.74, 6) is -0.581. The second-order valence-electron chi connectivity index (χ2n) is 0.845. The average molecular weight is 136 g/mol. The Hall–Kier alpha value is -0.180. The minimum atomic E-state index is -3.45. The van der Waals surface area contributed by atoms with E-state index < -0.39 is 14.6 Å². The van der Waals surface area contributed by atoms with Crippen molar-refractivity contribution in [1.29, 1.82) is 0 Å². The van der Waals surface area contributed by atoms with Crippen LogP contribution in [0.3, 0.4) is 0 Å². The van der Waals surface area contributed by atoms with Crippen molar-refractivity contribution in [2.45, 2.75) is 0 Å². The van der Waals surface area contributed by atoms with E-state index in [9.17, 15) is 8.76 Å². The highest BCUT2D eigenvalue weighted by atomic mass is 32.8. The van der Waals surface area contributed by atoms with Crippen molar-refractivity contribution in [2.24, 2.45) is 0 Å². The third-order valence-electron chi connectivity index (χ3n) is 0.223. The monoisotopic (exact) mass is 136 g/mol. The topological polar surface area (TPSA) is 44.5 Å². The van der Waals surface area contributed by atoms with E-state index in [0.29, 0.717) is 0 Å². The molecule has 7 heavy (non-hydrogen) atoms. The molecule has 40 valence electrons. The third kappa shape index (κ3) is 5.82. The molecule has 1 atom stereocenters. The highest BCUT2D eigenvalue weighted by Crippen LogP contribution is 1.80. The molecule has 0 heterocycles. The lowest BCUT2D eigenvalue weighted by Crippen LogP contribution is -1.96. The van der Waals surface area contributed by atoms with Crippen LogP contribution in [0.15, 0.2) is 0 Å². The van der Waals surface area contributed by atoms with E-state index in [1.807, 2.05) is 0 Å². The van der Waals surface area contributed by atoms with Crippen LogP contribution in [0.2, 0.25) is 0 Å². The van der Waals surface area contributed by atoms with Crippen LogP contribution in [-0.4, -0.2) is 14.6 Å². The molecule has 0 aliphatic heterocycles. The second kappa shape index (κ2) is 2.21. The number of hydrogen-bond acceptors (Lipinski definition) is 3. The van der Waals surface area contributed by atoms with E-state index in [-0.39, 0.29) is 0 Å². The Balaban J connectivity index is 3.92. The van der Waals surface area contributed by atoms with Gasteiger partial charge in [0.15, 0.2) is 0 Å². The zero-order chi connectivity index (χ0) is 5.91. The van der Waals surface area contributed by atoms with Crippen LogP contribution < -0.4 is 0 Å². The maximum absolute atomic E-state index is 9.83. The Morgan fingerprint density at radius 1 is 2.00 bits per heavy atom. The van der Waals surface area contributed by atoms with Crippen LogP contribution in [0.1, 0.15) is 0 Å². The van der Waals surface area contributed by atoms with Crippen molar-refractivity contribution in [3.63, 3.8) is 0 Å². The van der Waals surface area contributed by atoms with E-state index in [1.54, 1.807) is 0 Å². The molecule has 0 amide bonds. The Kier molecular flexibility index (Phi) is 2.15. The van der Waals surface area contributed by atoms with Gasteiger partial charge < -0.3 is 9.40 Å². The molecule has 0 radical (unpaired) electrons. The van der Waals surface area contributed by atoms with Gasteiger partial charge in [-0.25, -0.2) is 6.57 Å². The van der Waals surface area contributed by atoms with E-state index in [4.69, 9.17) is 6.57 Å². The molecule has 5 heteroatoms. The molecule has 0 N–H and O–H groups in total. The predicted molar refractivity (Wildman–Crippen MR) is 27.8 cm³/mol. The SMILES string of the molecule is [C-]#[N+]CS(=O)([O-])=S. The molecule has 0 aromatic carbocycles. The molecule has 0 rings (SSSR count). The third-order valence-corrected chi connectivity index (χ3v) is 0.984. The fraction of sp³-hybridized carbons (Fsp3) is 0.500. The minimum absolute atomic E-state index is 0.581. The molecule has 0 aromatic rings. The fourth-order valence-electron chi connectivity index (χ4n) is 0.0791. The molecular weight excluding hydrogens is 134 g/mol. The van der Waals surface area contributed by atoms with Crippen LogP contribution in [0.5, 0.6) is 0 Å². The highest BCUT2D eigenvalue weighted by molar-refractivity contribution is 8.29. The molecule has 0 aromatic heterocycles. The average Bonchev–Trinajstić information content (AvgIpc) is 1.30. The van der Waals surface area contributed by atoms with Gasteiger partial charge in [0.05, 0.1) is 0 Å². The van der Waals surface area contributed by atoms with Gasteiger partial charge in [-0.1, -0.05) is 0 Å². The van der Waals surface area contributed by atoms with E-state index in [0.717, 1.165) is 0 Å². The molecule has 0 aliphatic carbocycles. The lowest BCUT2D eigenvalue weighted by Gasteiger charge is -1.97. The number of hydrogen-bond donors (Lipinski definition) is 0. The van der Waals surface area contributed by atoms with Crippen molar-refractivity contribution in [3.8, 4) is 0 Å². The van der Waals surface area contributed by atoms with Crippen LogP contribution >= 0.6 is 0 Å².